The van der Waals surface area contributed by atoms with Crippen LogP contribution in [0.15, 0.2) is 24.7 Å². The summed E-state index contributed by atoms with van der Waals surface area (Å²) in [5, 5.41) is 12.8. The van der Waals surface area contributed by atoms with Crippen molar-refractivity contribution in [1.82, 2.24) is 15.0 Å². The van der Waals surface area contributed by atoms with E-state index < -0.39 is 41.4 Å². The summed E-state index contributed by atoms with van der Waals surface area (Å²) >= 11 is 0. The number of hydrogen-bond donors (Lipinski definition) is 2. The minimum atomic E-state index is -4.70. The van der Waals surface area contributed by atoms with E-state index in [1.54, 1.807) is 0 Å². The predicted octanol–water partition coefficient (Wildman–Crippen LogP) is 4.66. The second-order valence-electron chi connectivity index (χ2n) is 7.78. The van der Waals surface area contributed by atoms with Gasteiger partial charge in [-0.3, -0.25) is 4.98 Å². The number of aliphatic hydroxyl groups is 1. The van der Waals surface area contributed by atoms with Crippen molar-refractivity contribution < 1.29 is 31.4 Å². The molecule has 0 radical (unpaired) electrons. The van der Waals surface area contributed by atoms with E-state index in [4.69, 9.17) is 0 Å². The van der Waals surface area contributed by atoms with Gasteiger partial charge in [-0.25, -0.2) is 9.97 Å². The Bertz CT molecular complexity index is 902. The number of rotatable bonds is 5. The van der Waals surface area contributed by atoms with Gasteiger partial charge in [-0.15, -0.1) is 0 Å². The molecule has 31 heavy (non-hydrogen) atoms. The Morgan fingerprint density at radius 1 is 1.03 bits per heavy atom. The number of nitrogens with zero attached hydrogens (tertiary/aromatic N) is 3. The lowest BCUT2D eigenvalue weighted by molar-refractivity contribution is -0.138. The highest BCUT2D eigenvalue weighted by molar-refractivity contribution is 5.46. The van der Waals surface area contributed by atoms with Gasteiger partial charge in [0.2, 0.25) is 0 Å². The molecule has 0 unspecified atom stereocenters. The predicted molar refractivity (Wildman–Crippen MR) is 100 cm³/mol. The fourth-order valence-corrected chi connectivity index (χ4v) is 3.63. The maximum Gasteiger partial charge on any atom is 0.421 e. The summed E-state index contributed by atoms with van der Waals surface area (Å²) in [4.78, 5) is 11.4. The van der Waals surface area contributed by atoms with E-state index in [0.29, 0.717) is 19.0 Å². The van der Waals surface area contributed by atoms with E-state index in [0.717, 1.165) is 18.5 Å². The van der Waals surface area contributed by atoms with Crippen LogP contribution in [0.2, 0.25) is 0 Å². The highest BCUT2D eigenvalue weighted by Gasteiger charge is 2.37. The summed E-state index contributed by atoms with van der Waals surface area (Å²) in [5.74, 6) is -0.382. The first kappa shape index (κ1) is 23.2. The number of halogens is 6. The molecule has 0 amide bonds. The van der Waals surface area contributed by atoms with Crippen molar-refractivity contribution in [2.24, 2.45) is 5.92 Å². The van der Waals surface area contributed by atoms with Crippen LogP contribution in [0.25, 0.3) is 0 Å². The second kappa shape index (κ2) is 8.97. The minimum Gasteiger partial charge on any atom is -0.393 e. The zero-order chi connectivity index (χ0) is 22.8. The fourth-order valence-electron chi connectivity index (χ4n) is 3.63. The summed E-state index contributed by atoms with van der Waals surface area (Å²) in [5.41, 5.74) is -1.99. The van der Waals surface area contributed by atoms with Gasteiger partial charge in [0.1, 0.15) is 17.2 Å². The lowest BCUT2D eigenvalue weighted by atomic mass is 9.85. The summed E-state index contributed by atoms with van der Waals surface area (Å²) < 4.78 is 79.6. The third-order valence-electron chi connectivity index (χ3n) is 5.47. The molecule has 2 aromatic heterocycles. The highest BCUT2D eigenvalue weighted by atomic mass is 19.4. The van der Waals surface area contributed by atoms with E-state index in [1.165, 1.54) is 0 Å². The lowest BCUT2D eigenvalue weighted by Gasteiger charge is -2.32. The van der Waals surface area contributed by atoms with Gasteiger partial charge in [-0.1, -0.05) is 6.92 Å². The van der Waals surface area contributed by atoms with E-state index >= 15 is 0 Å². The van der Waals surface area contributed by atoms with Gasteiger partial charge in [0, 0.05) is 31.1 Å². The van der Waals surface area contributed by atoms with Gasteiger partial charge in [0.25, 0.3) is 0 Å². The zero-order valence-corrected chi connectivity index (χ0v) is 16.6. The topological polar surface area (TPSA) is 70.9 Å². The molecule has 2 heterocycles. The first-order chi connectivity index (χ1) is 14.4. The van der Waals surface area contributed by atoms with Crippen LogP contribution in [0.1, 0.15) is 48.7 Å². The van der Waals surface area contributed by atoms with Crippen LogP contribution in [0.3, 0.4) is 0 Å². The summed E-state index contributed by atoms with van der Waals surface area (Å²) in [6.07, 6.45) is -5.87. The molecule has 2 aromatic rings. The molecule has 0 aliphatic heterocycles. The number of aryl methyl sites for hydroxylation is 2. The Hall–Kier alpha value is -2.43. The Kier molecular flexibility index (Phi) is 6.73. The molecule has 3 rings (SSSR count). The van der Waals surface area contributed by atoms with Crippen LogP contribution in [0.5, 0.6) is 0 Å². The molecule has 1 saturated carbocycles. The molecular formula is C20H22F6N4O. The molecule has 5 nitrogen and oxygen atoms in total. The van der Waals surface area contributed by atoms with Crippen molar-refractivity contribution in [2.75, 3.05) is 5.32 Å². The van der Waals surface area contributed by atoms with Crippen LogP contribution < -0.4 is 5.32 Å². The molecular weight excluding hydrogens is 426 g/mol. The number of alkyl halides is 6. The number of aromatic nitrogens is 3. The summed E-state index contributed by atoms with van der Waals surface area (Å²) in [7, 11) is 0. The average Bonchev–Trinajstić information content (AvgIpc) is 2.68. The molecule has 0 saturated heterocycles. The van der Waals surface area contributed by atoms with Gasteiger partial charge in [0.05, 0.1) is 11.7 Å². The molecule has 0 spiro atoms. The van der Waals surface area contributed by atoms with E-state index in [9.17, 15) is 31.4 Å². The molecule has 1 fully saturated rings. The Morgan fingerprint density at radius 2 is 1.74 bits per heavy atom. The number of anilines is 1. The third kappa shape index (κ3) is 5.84. The first-order valence-electron chi connectivity index (χ1n) is 9.83. The van der Waals surface area contributed by atoms with Crippen molar-refractivity contribution in [3.05, 3.63) is 47.2 Å². The number of hydrogen-bond acceptors (Lipinski definition) is 5. The fraction of sp³-hybridized carbons (Fsp3) is 0.550. The molecule has 170 valence electrons. The van der Waals surface area contributed by atoms with Crippen LogP contribution in [-0.4, -0.2) is 32.2 Å². The largest absolute Gasteiger partial charge is 0.421 e. The van der Waals surface area contributed by atoms with Crippen molar-refractivity contribution in [1.29, 1.82) is 0 Å². The monoisotopic (exact) mass is 448 g/mol. The Labute approximate surface area is 174 Å². The first-order valence-corrected chi connectivity index (χ1v) is 9.83. The molecule has 0 aromatic carbocycles. The van der Waals surface area contributed by atoms with Crippen LogP contribution >= 0.6 is 0 Å². The van der Waals surface area contributed by atoms with Crippen molar-refractivity contribution >= 4 is 5.82 Å². The second-order valence-corrected chi connectivity index (χ2v) is 7.78. The average molecular weight is 448 g/mol. The number of nitrogens with one attached hydrogen (secondary N) is 1. The van der Waals surface area contributed by atoms with Gasteiger partial charge in [-0.2, -0.15) is 26.3 Å². The van der Waals surface area contributed by atoms with Gasteiger partial charge in [0.15, 0.2) is 0 Å². The Balaban J connectivity index is 1.81. The lowest BCUT2D eigenvalue weighted by Crippen LogP contribution is -2.35. The van der Waals surface area contributed by atoms with Crippen molar-refractivity contribution in [2.45, 2.75) is 63.5 Å². The zero-order valence-electron chi connectivity index (χ0n) is 16.6. The summed E-state index contributed by atoms with van der Waals surface area (Å²) in [6.45, 7) is 1.87. The van der Waals surface area contributed by atoms with Gasteiger partial charge in [-0.05, 0) is 43.2 Å². The van der Waals surface area contributed by atoms with Gasteiger partial charge < -0.3 is 10.4 Å². The maximum absolute atomic E-state index is 13.4. The maximum atomic E-state index is 13.4. The van der Waals surface area contributed by atoms with Crippen LogP contribution in [0, 0.1) is 5.92 Å². The molecule has 3 atom stereocenters. The third-order valence-corrected chi connectivity index (χ3v) is 5.47. The normalized spacial score (nSPS) is 22.4. The highest BCUT2D eigenvalue weighted by Crippen LogP contribution is 2.36. The van der Waals surface area contributed by atoms with E-state index in [2.05, 4.69) is 20.3 Å². The van der Waals surface area contributed by atoms with Gasteiger partial charge >= 0.3 is 12.4 Å². The van der Waals surface area contributed by atoms with E-state index in [1.807, 2.05) is 6.92 Å². The number of aliphatic hydroxyl groups excluding tert-OH is 1. The SMILES string of the molecule is C[C@@H]1CC[C@H](Nc2nc(CCc3cnccc3C(F)(F)F)ncc2C(F)(F)F)C[C@H]1O. The standard InChI is InChI=1S/C20H22F6N4O/c1-11-2-4-13(8-16(11)31)29-18-15(20(24,25)26)10-28-17(30-18)5-3-12-9-27-7-6-14(12)19(21,22)23/h6-7,9-11,13,16,31H,2-5,8H2,1H3,(H,28,29,30)/t11-,13+,16-/m1/s1. The summed E-state index contributed by atoms with van der Waals surface area (Å²) in [6, 6.07) is 0.455. The smallest absolute Gasteiger partial charge is 0.393 e. The quantitative estimate of drug-likeness (QED) is 0.652. The van der Waals surface area contributed by atoms with Crippen molar-refractivity contribution in [3.63, 3.8) is 0 Å². The Morgan fingerprint density at radius 3 is 2.39 bits per heavy atom. The molecule has 11 heteroatoms. The van der Waals surface area contributed by atoms with Crippen LogP contribution in [0.4, 0.5) is 32.2 Å². The molecule has 2 N–H and O–H groups in total. The molecule has 0 bridgehead atoms. The molecule has 1 aliphatic rings. The molecule has 1 aliphatic carbocycles. The van der Waals surface area contributed by atoms with Crippen LogP contribution in [-0.2, 0) is 25.2 Å². The van der Waals surface area contributed by atoms with E-state index in [-0.39, 0.29) is 36.6 Å². The van der Waals surface area contributed by atoms with Crippen molar-refractivity contribution in [3.8, 4) is 0 Å². The number of pyridine rings is 1. The minimum absolute atomic E-state index is 0.0165.